The number of nitrogens with zero attached hydrogens (tertiary/aromatic N) is 1. The highest BCUT2D eigenvalue weighted by Gasteiger charge is 2.21. The van der Waals surface area contributed by atoms with Crippen LogP contribution in [-0.2, 0) is 29.1 Å². The maximum Gasteiger partial charge on any atom is 0.206 e. The van der Waals surface area contributed by atoms with Gasteiger partial charge in [0.05, 0.1) is 35.0 Å². The predicted octanol–water partition coefficient (Wildman–Crippen LogP) is 12.2. The van der Waals surface area contributed by atoms with Crippen LogP contribution in [0.5, 0.6) is 11.5 Å². The molecule has 0 N–H and O–H groups in total. The Morgan fingerprint density at radius 2 is 1.12 bits per heavy atom. The van der Waals surface area contributed by atoms with Crippen LogP contribution in [0.3, 0.4) is 0 Å². The van der Waals surface area contributed by atoms with Gasteiger partial charge in [0.15, 0.2) is 0 Å². The van der Waals surface area contributed by atoms with Gasteiger partial charge in [0.1, 0.15) is 11.5 Å². The van der Waals surface area contributed by atoms with Crippen LogP contribution in [-0.4, -0.2) is 27.2 Å². The zero-order chi connectivity index (χ0) is 38.8. The molecule has 1 aliphatic rings. The van der Waals surface area contributed by atoms with Gasteiger partial charge in [-0.05, 0) is 160 Å². The molecule has 10 rings (SSSR count). The molecule has 0 spiro atoms. The molecule has 280 valence electrons. The lowest BCUT2D eigenvalue weighted by molar-refractivity contribution is 0.415. The van der Waals surface area contributed by atoms with Gasteiger partial charge in [0, 0.05) is 26.2 Å². The van der Waals surface area contributed by atoms with Crippen LogP contribution in [0.4, 0.5) is 0 Å². The molecule has 0 unspecified atom stereocenters. The Hall–Kier alpha value is -6.15. The quantitative estimate of drug-likeness (QED) is 0.154. The summed E-state index contributed by atoms with van der Waals surface area (Å²) in [6.07, 6.45) is 2.72. The lowest BCUT2D eigenvalue weighted by Gasteiger charge is -2.22. The standard InChI is InChI=1S/C50H39NO4S2/c1-4-43-15-22-50(56-43)32-10-18-45(19-11-32)57(52,53)44-16-8-31(9-17-44)33-5-6-34-24-38-27-39-28-40(12-7-35(39)25-37(38)26-36(34)23-33)51-48-20-13-41(54-2)29-46(48)47-30-42(55-3)14-21-49(47)51/h5-24,26,28-30H,4,25,27H2,1-3H3. The van der Waals surface area contributed by atoms with Gasteiger partial charge in [0.25, 0.3) is 0 Å². The van der Waals surface area contributed by atoms with Crippen molar-refractivity contribution in [2.24, 2.45) is 0 Å². The van der Waals surface area contributed by atoms with E-state index >= 15 is 0 Å². The summed E-state index contributed by atoms with van der Waals surface area (Å²) in [6.45, 7) is 2.14. The fraction of sp³-hybridized carbons (Fsp3) is 0.120. The van der Waals surface area contributed by atoms with Crippen molar-refractivity contribution in [2.45, 2.75) is 36.0 Å². The molecule has 0 aliphatic heterocycles. The van der Waals surface area contributed by atoms with E-state index in [0.717, 1.165) is 79.8 Å². The van der Waals surface area contributed by atoms with E-state index in [1.54, 1.807) is 49.8 Å². The van der Waals surface area contributed by atoms with E-state index in [2.05, 4.69) is 96.4 Å². The van der Waals surface area contributed by atoms with Crippen molar-refractivity contribution >= 4 is 53.8 Å². The van der Waals surface area contributed by atoms with Crippen molar-refractivity contribution in [2.75, 3.05) is 14.2 Å². The maximum absolute atomic E-state index is 13.6. The lowest BCUT2D eigenvalue weighted by atomic mass is 9.84. The normalized spacial score (nSPS) is 12.5. The summed E-state index contributed by atoms with van der Waals surface area (Å²) in [4.78, 5) is 3.05. The molecular formula is C50H39NO4S2. The van der Waals surface area contributed by atoms with E-state index in [1.165, 1.54) is 37.9 Å². The van der Waals surface area contributed by atoms with Gasteiger partial charge < -0.3 is 14.0 Å². The van der Waals surface area contributed by atoms with Crippen molar-refractivity contribution in [3.05, 3.63) is 173 Å². The van der Waals surface area contributed by atoms with Gasteiger partial charge >= 0.3 is 0 Å². The molecule has 7 aromatic carbocycles. The number of hydrogen-bond donors (Lipinski definition) is 0. The van der Waals surface area contributed by atoms with Crippen LogP contribution in [0.1, 0.15) is 34.1 Å². The molecule has 57 heavy (non-hydrogen) atoms. The number of thiophene rings is 1. The van der Waals surface area contributed by atoms with E-state index in [9.17, 15) is 8.42 Å². The third-order valence-electron chi connectivity index (χ3n) is 11.5. The summed E-state index contributed by atoms with van der Waals surface area (Å²) < 4.78 is 40.7. The number of aryl methyl sites for hydroxylation is 1. The monoisotopic (exact) mass is 781 g/mol. The van der Waals surface area contributed by atoms with Crippen LogP contribution in [0.25, 0.3) is 59.8 Å². The van der Waals surface area contributed by atoms with Gasteiger partial charge in [0.2, 0.25) is 9.84 Å². The second-order valence-electron chi connectivity index (χ2n) is 14.8. The van der Waals surface area contributed by atoms with Gasteiger partial charge in [-0.1, -0.05) is 61.5 Å². The van der Waals surface area contributed by atoms with Crippen LogP contribution >= 0.6 is 11.3 Å². The first-order chi connectivity index (χ1) is 27.8. The third-order valence-corrected chi connectivity index (χ3v) is 14.6. The molecule has 0 bridgehead atoms. The average Bonchev–Trinajstić information content (AvgIpc) is 3.87. The second-order valence-corrected chi connectivity index (χ2v) is 17.9. The molecule has 0 fully saturated rings. The number of sulfone groups is 1. The Bertz CT molecular complexity index is 3080. The summed E-state index contributed by atoms with van der Waals surface area (Å²) in [5.74, 6) is 1.65. The summed E-state index contributed by atoms with van der Waals surface area (Å²) >= 11 is 1.75. The fourth-order valence-corrected chi connectivity index (χ4v) is 10.6. The van der Waals surface area contributed by atoms with E-state index in [4.69, 9.17) is 9.47 Å². The molecule has 0 saturated heterocycles. The van der Waals surface area contributed by atoms with Crippen molar-refractivity contribution < 1.29 is 17.9 Å². The number of hydrogen-bond acceptors (Lipinski definition) is 5. The number of benzene rings is 7. The Morgan fingerprint density at radius 3 is 1.74 bits per heavy atom. The molecule has 7 heteroatoms. The molecule has 2 aromatic heterocycles. The first-order valence-electron chi connectivity index (χ1n) is 19.2. The number of rotatable bonds is 8. The van der Waals surface area contributed by atoms with Crippen molar-refractivity contribution in [3.63, 3.8) is 0 Å². The molecular weight excluding hydrogens is 743 g/mol. The lowest BCUT2D eigenvalue weighted by Crippen LogP contribution is -2.08. The molecule has 1 aliphatic carbocycles. The summed E-state index contributed by atoms with van der Waals surface area (Å²) in [5, 5.41) is 4.62. The highest BCUT2D eigenvalue weighted by atomic mass is 32.2. The van der Waals surface area contributed by atoms with E-state index in [1.807, 2.05) is 36.4 Å². The number of fused-ring (bicyclic) bond motifs is 6. The van der Waals surface area contributed by atoms with Crippen molar-refractivity contribution in [1.29, 1.82) is 0 Å². The smallest absolute Gasteiger partial charge is 0.206 e. The number of methoxy groups -OCH3 is 2. The van der Waals surface area contributed by atoms with Crippen LogP contribution < -0.4 is 9.47 Å². The molecule has 0 radical (unpaired) electrons. The zero-order valence-electron chi connectivity index (χ0n) is 31.9. The summed E-state index contributed by atoms with van der Waals surface area (Å²) in [7, 11) is -0.248. The zero-order valence-corrected chi connectivity index (χ0v) is 33.5. The van der Waals surface area contributed by atoms with Gasteiger partial charge in [-0.2, -0.15) is 0 Å². The molecule has 0 amide bonds. The Kier molecular flexibility index (Phi) is 8.54. The topological polar surface area (TPSA) is 57.5 Å². The average molecular weight is 782 g/mol. The largest absolute Gasteiger partial charge is 0.497 e. The Morgan fingerprint density at radius 1 is 0.544 bits per heavy atom. The minimum absolute atomic E-state index is 0.290. The molecule has 0 atom stereocenters. The summed E-state index contributed by atoms with van der Waals surface area (Å²) in [6, 6.07) is 49.4. The second kappa shape index (κ2) is 13.8. The van der Waals surface area contributed by atoms with Crippen LogP contribution in [0, 0.1) is 0 Å². The highest BCUT2D eigenvalue weighted by molar-refractivity contribution is 7.91. The van der Waals surface area contributed by atoms with Gasteiger partial charge in [-0.3, -0.25) is 0 Å². The predicted molar refractivity (Wildman–Crippen MR) is 233 cm³/mol. The van der Waals surface area contributed by atoms with E-state index in [0.29, 0.717) is 9.79 Å². The fourth-order valence-electron chi connectivity index (χ4n) is 8.40. The maximum atomic E-state index is 13.6. The van der Waals surface area contributed by atoms with Gasteiger partial charge in [-0.25, -0.2) is 8.42 Å². The Balaban J connectivity index is 0.918. The van der Waals surface area contributed by atoms with Crippen LogP contribution in [0.2, 0.25) is 0 Å². The minimum atomic E-state index is -3.65. The van der Waals surface area contributed by atoms with Crippen molar-refractivity contribution in [3.8, 4) is 38.8 Å². The third kappa shape index (κ3) is 6.09. The summed E-state index contributed by atoms with van der Waals surface area (Å²) in [5.41, 5.74) is 11.8. The Labute approximate surface area is 336 Å². The SMILES string of the molecule is CCc1ccc(-c2ccc(S(=O)(=O)c3ccc(-c4ccc5cc6c(cc5c4)Cc4ccc(-n5c7ccc(OC)cc7c7cc(OC)ccc75)cc4C6)cc3)cc2)s1. The van der Waals surface area contributed by atoms with Gasteiger partial charge in [-0.15, -0.1) is 11.3 Å². The molecule has 2 heterocycles. The minimum Gasteiger partial charge on any atom is -0.497 e. The highest BCUT2D eigenvalue weighted by Crippen LogP contribution is 2.39. The van der Waals surface area contributed by atoms with Crippen LogP contribution in [0.15, 0.2) is 155 Å². The molecule has 9 aromatic rings. The number of aromatic nitrogens is 1. The van der Waals surface area contributed by atoms with Crippen molar-refractivity contribution in [1.82, 2.24) is 4.57 Å². The van der Waals surface area contributed by atoms with E-state index < -0.39 is 9.84 Å². The first-order valence-corrected chi connectivity index (χ1v) is 21.5. The molecule has 0 saturated carbocycles. The van der Waals surface area contributed by atoms with E-state index in [-0.39, 0.29) is 0 Å². The first kappa shape index (κ1) is 35.3. The number of ether oxygens (including phenoxy) is 2. The molecule has 5 nitrogen and oxygen atoms in total.